The zero-order valence-corrected chi connectivity index (χ0v) is 18.0. The molecule has 32 heavy (non-hydrogen) atoms. The molecule has 0 aromatic heterocycles. The summed E-state index contributed by atoms with van der Waals surface area (Å²) < 4.78 is 5.13. The Bertz CT molecular complexity index is 1010. The van der Waals surface area contributed by atoms with E-state index in [2.05, 4.69) is 0 Å². The fourth-order valence-corrected chi connectivity index (χ4v) is 3.95. The first-order valence-electron chi connectivity index (χ1n) is 10.6. The lowest BCUT2D eigenvalue weighted by atomic mass is 10.1. The molecule has 166 valence electrons. The van der Waals surface area contributed by atoms with Crippen LogP contribution >= 0.6 is 0 Å². The summed E-state index contributed by atoms with van der Waals surface area (Å²) in [7, 11) is 1.58. The van der Waals surface area contributed by atoms with E-state index in [-0.39, 0.29) is 43.0 Å². The van der Waals surface area contributed by atoms with E-state index in [1.54, 1.807) is 65.4 Å². The molecule has 2 aromatic carbocycles. The number of amides is 4. The SMILES string of the molecule is COc1ccc(C(=O)N2CCN(C(=O)c3ccc(CN4C(=O)CCC4=O)cc3)CC2)cc1. The third-order valence-corrected chi connectivity index (χ3v) is 5.89. The number of hydrogen-bond acceptors (Lipinski definition) is 5. The second-order valence-corrected chi connectivity index (χ2v) is 7.88. The van der Waals surface area contributed by atoms with Crippen molar-refractivity contribution in [3.63, 3.8) is 0 Å². The lowest BCUT2D eigenvalue weighted by molar-refractivity contribution is -0.139. The molecule has 4 rings (SSSR count). The molecule has 4 amide bonds. The first-order valence-corrected chi connectivity index (χ1v) is 10.6. The van der Waals surface area contributed by atoms with E-state index < -0.39 is 0 Å². The summed E-state index contributed by atoms with van der Waals surface area (Å²) in [5, 5.41) is 0. The minimum Gasteiger partial charge on any atom is -0.497 e. The van der Waals surface area contributed by atoms with E-state index in [9.17, 15) is 19.2 Å². The van der Waals surface area contributed by atoms with Gasteiger partial charge >= 0.3 is 0 Å². The molecule has 0 unspecified atom stereocenters. The van der Waals surface area contributed by atoms with Crippen molar-refractivity contribution >= 4 is 23.6 Å². The lowest BCUT2D eigenvalue weighted by Gasteiger charge is -2.35. The number of rotatable bonds is 5. The van der Waals surface area contributed by atoms with E-state index in [0.717, 1.165) is 5.56 Å². The molecule has 0 spiro atoms. The van der Waals surface area contributed by atoms with Gasteiger partial charge in [0.05, 0.1) is 13.7 Å². The van der Waals surface area contributed by atoms with Crippen molar-refractivity contribution in [3.8, 4) is 5.75 Å². The van der Waals surface area contributed by atoms with Crippen LogP contribution in [0, 0.1) is 0 Å². The fraction of sp³-hybridized carbons (Fsp3) is 0.333. The Balaban J connectivity index is 1.32. The second kappa shape index (κ2) is 9.21. The van der Waals surface area contributed by atoms with Crippen molar-refractivity contribution in [2.45, 2.75) is 19.4 Å². The van der Waals surface area contributed by atoms with E-state index in [0.29, 0.717) is 43.1 Å². The van der Waals surface area contributed by atoms with Crippen LogP contribution in [0.1, 0.15) is 39.1 Å². The molecule has 2 heterocycles. The van der Waals surface area contributed by atoms with Gasteiger partial charge in [0.25, 0.3) is 11.8 Å². The van der Waals surface area contributed by atoms with Crippen LogP contribution in [0.5, 0.6) is 5.75 Å². The molecule has 0 aliphatic carbocycles. The number of likely N-dealkylation sites (tertiary alicyclic amines) is 1. The van der Waals surface area contributed by atoms with Crippen LogP contribution < -0.4 is 4.74 Å². The van der Waals surface area contributed by atoms with Gasteiger partial charge in [-0.2, -0.15) is 0 Å². The van der Waals surface area contributed by atoms with Gasteiger partial charge in [-0.3, -0.25) is 24.1 Å². The van der Waals surface area contributed by atoms with Crippen LogP contribution in [-0.2, 0) is 16.1 Å². The van der Waals surface area contributed by atoms with Gasteiger partial charge in [-0.1, -0.05) is 12.1 Å². The second-order valence-electron chi connectivity index (χ2n) is 7.88. The number of carbonyl (C=O) groups is 4. The molecule has 0 N–H and O–H groups in total. The van der Waals surface area contributed by atoms with Crippen molar-refractivity contribution in [3.05, 3.63) is 65.2 Å². The summed E-state index contributed by atoms with van der Waals surface area (Å²) in [4.78, 5) is 53.9. The first kappa shape index (κ1) is 21.5. The highest BCUT2D eigenvalue weighted by Gasteiger charge is 2.29. The number of ether oxygens (including phenoxy) is 1. The zero-order chi connectivity index (χ0) is 22.7. The minimum absolute atomic E-state index is 0.0601. The zero-order valence-electron chi connectivity index (χ0n) is 18.0. The van der Waals surface area contributed by atoms with Gasteiger partial charge in [0.2, 0.25) is 11.8 Å². The van der Waals surface area contributed by atoms with Crippen LogP contribution in [0.15, 0.2) is 48.5 Å². The Morgan fingerprint density at radius 3 is 1.62 bits per heavy atom. The van der Waals surface area contributed by atoms with Crippen LogP contribution in [0.2, 0.25) is 0 Å². The maximum atomic E-state index is 12.9. The van der Waals surface area contributed by atoms with Gasteiger partial charge in [-0.15, -0.1) is 0 Å². The molecule has 2 aromatic rings. The topological polar surface area (TPSA) is 87.2 Å². The summed E-state index contributed by atoms with van der Waals surface area (Å²) >= 11 is 0. The molecule has 0 atom stereocenters. The quantitative estimate of drug-likeness (QED) is 0.670. The predicted octanol–water partition coefficient (Wildman–Crippen LogP) is 1.94. The Kier molecular flexibility index (Phi) is 6.20. The van der Waals surface area contributed by atoms with Gasteiger partial charge in [-0.05, 0) is 42.0 Å². The minimum atomic E-state index is -0.155. The molecule has 2 aliphatic heterocycles. The van der Waals surface area contributed by atoms with Crippen molar-refractivity contribution < 1.29 is 23.9 Å². The summed E-state index contributed by atoms with van der Waals surface area (Å²) in [5.74, 6) is 0.229. The Labute approximate surface area is 186 Å². The largest absolute Gasteiger partial charge is 0.497 e. The molecule has 8 nitrogen and oxygen atoms in total. The smallest absolute Gasteiger partial charge is 0.253 e. The Morgan fingerprint density at radius 1 is 0.750 bits per heavy atom. The van der Waals surface area contributed by atoms with Gasteiger partial charge in [0.15, 0.2) is 0 Å². The third-order valence-electron chi connectivity index (χ3n) is 5.89. The van der Waals surface area contributed by atoms with Crippen LogP contribution in [0.25, 0.3) is 0 Å². The molecule has 2 saturated heterocycles. The standard InChI is InChI=1S/C24H25N3O5/c1-32-20-8-6-19(7-9-20)24(31)26-14-12-25(13-15-26)23(30)18-4-2-17(3-5-18)16-27-21(28)10-11-22(27)29/h2-9H,10-16H2,1H3. The molecule has 0 bridgehead atoms. The number of imide groups is 1. The number of hydrogen-bond donors (Lipinski definition) is 0. The molecule has 2 fully saturated rings. The highest BCUT2D eigenvalue weighted by atomic mass is 16.5. The molecule has 0 radical (unpaired) electrons. The molecule has 0 saturated carbocycles. The molecule has 8 heteroatoms. The normalized spacial score (nSPS) is 16.5. The highest BCUT2D eigenvalue weighted by Crippen LogP contribution is 2.18. The summed E-state index contributed by atoms with van der Waals surface area (Å²) in [5.41, 5.74) is 1.94. The summed E-state index contributed by atoms with van der Waals surface area (Å²) in [6.07, 6.45) is 0.532. The van der Waals surface area contributed by atoms with Crippen molar-refractivity contribution in [2.24, 2.45) is 0 Å². The van der Waals surface area contributed by atoms with Gasteiger partial charge in [0, 0.05) is 50.1 Å². The van der Waals surface area contributed by atoms with E-state index in [4.69, 9.17) is 4.74 Å². The number of piperazine rings is 1. The van der Waals surface area contributed by atoms with Gasteiger partial charge in [0.1, 0.15) is 5.75 Å². The van der Waals surface area contributed by atoms with E-state index >= 15 is 0 Å². The number of carbonyl (C=O) groups excluding carboxylic acids is 4. The number of nitrogens with zero attached hydrogens (tertiary/aromatic N) is 3. The van der Waals surface area contributed by atoms with E-state index in [1.807, 2.05) is 0 Å². The Hall–Kier alpha value is -3.68. The van der Waals surface area contributed by atoms with Crippen LogP contribution in [0.3, 0.4) is 0 Å². The van der Waals surface area contributed by atoms with Crippen molar-refractivity contribution in [1.82, 2.24) is 14.7 Å². The third kappa shape index (κ3) is 4.49. The molecular weight excluding hydrogens is 410 g/mol. The fourth-order valence-electron chi connectivity index (χ4n) is 3.95. The average Bonchev–Trinajstić information content (AvgIpc) is 3.16. The lowest BCUT2D eigenvalue weighted by Crippen LogP contribution is -2.50. The monoisotopic (exact) mass is 435 g/mol. The maximum absolute atomic E-state index is 12.9. The first-order chi connectivity index (χ1) is 15.5. The van der Waals surface area contributed by atoms with Crippen molar-refractivity contribution in [1.29, 1.82) is 0 Å². The van der Waals surface area contributed by atoms with Crippen molar-refractivity contribution in [2.75, 3.05) is 33.3 Å². The Morgan fingerprint density at radius 2 is 1.19 bits per heavy atom. The average molecular weight is 435 g/mol. The van der Waals surface area contributed by atoms with E-state index in [1.165, 1.54) is 4.90 Å². The number of methoxy groups -OCH3 is 1. The number of benzene rings is 2. The molecule has 2 aliphatic rings. The maximum Gasteiger partial charge on any atom is 0.253 e. The van der Waals surface area contributed by atoms with Crippen LogP contribution in [-0.4, -0.2) is 71.6 Å². The van der Waals surface area contributed by atoms with Gasteiger partial charge in [-0.25, -0.2) is 0 Å². The highest BCUT2D eigenvalue weighted by molar-refractivity contribution is 6.02. The predicted molar refractivity (Wildman–Crippen MR) is 116 cm³/mol. The summed E-state index contributed by atoms with van der Waals surface area (Å²) in [6, 6.07) is 14.0. The summed E-state index contributed by atoms with van der Waals surface area (Å²) in [6.45, 7) is 2.08. The van der Waals surface area contributed by atoms with Gasteiger partial charge < -0.3 is 14.5 Å². The molecular formula is C24H25N3O5. The van der Waals surface area contributed by atoms with Crippen LogP contribution in [0.4, 0.5) is 0 Å².